The molecule has 5 heteroatoms. The zero-order valence-corrected chi connectivity index (χ0v) is 12.0. The third-order valence-corrected chi connectivity index (χ3v) is 3.71. The molecule has 1 aliphatic heterocycles. The molecule has 0 saturated carbocycles. The molecule has 0 bridgehead atoms. The zero-order valence-electron chi connectivity index (χ0n) is 12.0. The molecular weight excluding hydrogens is 252 g/mol. The summed E-state index contributed by atoms with van der Waals surface area (Å²) in [5.41, 5.74) is 6.83. The van der Waals surface area contributed by atoms with E-state index in [-0.39, 0.29) is 6.04 Å². The molecular formula is C15H22N4O. The number of methoxy groups -OCH3 is 1. The lowest BCUT2D eigenvalue weighted by Crippen LogP contribution is -2.47. The van der Waals surface area contributed by atoms with Gasteiger partial charge in [0, 0.05) is 44.5 Å². The molecule has 1 aliphatic rings. The van der Waals surface area contributed by atoms with Gasteiger partial charge in [-0.1, -0.05) is 6.07 Å². The molecule has 0 spiro atoms. The summed E-state index contributed by atoms with van der Waals surface area (Å²) >= 11 is 0. The van der Waals surface area contributed by atoms with E-state index in [9.17, 15) is 0 Å². The number of benzene rings is 1. The molecule has 108 valence electrons. The van der Waals surface area contributed by atoms with Crippen molar-refractivity contribution in [2.75, 3.05) is 44.7 Å². The van der Waals surface area contributed by atoms with Crippen LogP contribution in [0.3, 0.4) is 0 Å². The van der Waals surface area contributed by atoms with Crippen LogP contribution in [0.25, 0.3) is 0 Å². The molecule has 1 heterocycles. The first-order valence-corrected chi connectivity index (χ1v) is 6.99. The van der Waals surface area contributed by atoms with Crippen LogP contribution in [0.1, 0.15) is 6.42 Å². The number of nitrogens with zero attached hydrogens (tertiary/aromatic N) is 3. The van der Waals surface area contributed by atoms with Crippen LogP contribution in [0.5, 0.6) is 5.75 Å². The van der Waals surface area contributed by atoms with E-state index >= 15 is 0 Å². The highest BCUT2D eigenvalue weighted by molar-refractivity contribution is 5.51. The van der Waals surface area contributed by atoms with Crippen molar-refractivity contribution in [2.45, 2.75) is 12.5 Å². The van der Waals surface area contributed by atoms with Gasteiger partial charge in [-0.25, -0.2) is 0 Å². The van der Waals surface area contributed by atoms with Crippen LogP contribution in [-0.4, -0.2) is 50.8 Å². The molecule has 0 radical (unpaired) electrons. The Morgan fingerprint density at radius 2 is 2.10 bits per heavy atom. The van der Waals surface area contributed by atoms with E-state index < -0.39 is 0 Å². The summed E-state index contributed by atoms with van der Waals surface area (Å²) < 4.78 is 5.26. The Kier molecular flexibility index (Phi) is 5.22. The maximum Gasteiger partial charge on any atom is 0.120 e. The van der Waals surface area contributed by atoms with Crippen molar-refractivity contribution in [1.29, 1.82) is 5.26 Å². The van der Waals surface area contributed by atoms with Gasteiger partial charge in [0.1, 0.15) is 5.75 Å². The highest BCUT2D eigenvalue weighted by atomic mass is 16.5. The van der Waals surface area contributed by atoms with E-state index in [1.165, 1.54) is 5.69 Å². The highest BCUT2D eigenvalue weighted by Gasteiger charge is 2.17. The van der Waals surface area contributed by atoms with E-state index in [1.807, 2.05) is 12.1 Å². The summed E-state index contributed by atoms with van der Waals surface area (Å²) in [6.45, 7) is 4.91. The third kappa shape index (κ3) is 3.86. The molecule has 1 saturated heterocycles. The standard InChI is InChI=1S/C15H22N4O/c1-20-15-4-2-3-14(11-15)19-9-7-18(8-10-19)6-5-13(17)12-16/h2-4,11,13H,5-10,17H2,1H3. The van der Waals surface area contributed by atoms with Gasteiger partial charge in [0.2, 0.25) is 0 Å². The van der Waals surface area contributed by atoms with Crippen molar-refractivity contribution in [2.24, 2.45) is 5.73 Å². The number of rotatable bonds is 5. The molecule has 1 unspecified atom stereocenters. The van der Waals surface area contributed by atoms with Gasteiger partial charge in [-0.3, -0.25) is 4.90 Å². The quantitative estimate of drug-likeness (QED) is 0.869. The largest absolute Gasteiger partial charge is 0.497 e. The minimum absolute atomic E-state index is 0.341. The predicted molar refractivity (Wildman–Crippen MR) is 79.9 cm³/mol. The van der Waals surface area contributed by atoms with E-state index in [1.54, 1.807) is 7.11 Å². The number of hydrogen-bond donors (Lipinski definition) is 1. The topological polar surface area (TPSA) is 65.5 Å². The highest BCUT2D eigenvalue weighted by Crippen LogP contribution is 2.22. The Bertz CT molecular complexity index is 463. The van der Waals surface area contributed by atoms with Crippen LogP contribution < -0.4 is 15.4 Å². The maximum atomic E-state index is 8.69. The number of ether oxygens (including phenoxy) is 1. The van der Waals surface area contributed by atoms with Crippen molar-refractivity contribution >= 4 is 5.69 Å². The Hall–Kier alpha value is -1.77. The maximum absolute atomic E-state index is 8.69. The van der Waals surface area contributed by atoms with Crippen molar-refractivity contribution in [3.8, 4) is 11.8 Å². The smallest absolute Gasteiger partial charge is 0.120 e. The Labute approximate surface area is 120 Å². The van der Waals surface area contributed by atoms with Gasteiger partial charge in [0.05, 0.1) is 19.2 Å². The molecule has 1 aromatic rings. The minimum atomic E-state index is -0.341. The Balaban J connectivity index is 1.83. The average molecular weight is 274 g/mol. The third-order valence-electron chi connectivity index (χ3n) is 3.71. The first-order valence-electron chi connectivity index (χ1n) is 6.99. The van der Waals surface area contributed by atoms with Crippen LogP contribution >= 0.6 is 0 Å². The Morgan fingerprint density at radius 1 is 1.35 bits per heavy atom. The number of nitriles is 1. The summed E-state index contributed by atoms with van der Waals surface area (Å²) in [6.07, 6.45) is 0.746. The van der Waals surface area contributed by atoms with Crippen LogP contribution in [0.4, 0.5) is 5.69 Å². The fourth-order valence-corrected chi connectivity index (χ4v) is 2.42. The van der Waals surface area contributed by atoms with Gasteiger partial charge >= 0.3 is 0 Å². The van der Waals surface area contributed by atoms with Crippen LogP contribution in [-0.2, 0) is 0 Å². The van der Waals surface area contributed by atoms with Crippen LogP contribution in [0.2, 0.25) is 0 Å². The lowest BCUT2D eigenvalue weighted by atomic mass is 10.2. The second-order valence-corrected chi connectivity index (χ2v) is 5.05. The molecule has 5 nitrogen and oxygen atoms in total. The monoisotopic (exact) mass is 274 g/mol. The number of anilines is 1. The molecule has 1 atom stereocenters. The molecule has 20 heavy (non-hydrogen) atoms. The van der Waals surface area contributed by atoms with Crippen LogP contribution in [0, 0.1) is 11.3 Å². The molecule has 0 aliphatic carbocycles. The van der Waals surface area contributed by atoms with Gasteiger partial charge in [-0.15, -0.1) is 0 Å². The van der Waals surface area contributed by atoms with E-state index in [4.69, 9.17) is 15.7 Å². The van der Waals surface area contributed by atoms with Crippen molar-refractivity contribution in [1.82, 2.24) is 4.90 Å². The first-order chi connectivity index (χ1) is 9.72. The van der Waals surface area contributed by atoms with Gasteiger partial charge in [-0.05, 0) is 18.6 Å². The molecule has 2 N–H and O–H groups in total. The summed E-state index contributed by atoms with van der Waals surface area (Å²) in [5.74, 6) is 0.893. The SMILES string of the molecule is COc1cccc(N2CCN(CCC(N)C#N)CC2)c1. The van der Waals surface area contributed by atoms with Gasteiger partial charge in [-0.2, -0.15) is 5.26 Å². The second kappa shape index (κ2) is 7.13. The zero-order chi connectivity index (χ0) is 14.4. The fraction of sp³-hybridized carbons (Fsp3) is 0.533. The molecule has 2 rings (SSSR count). The minimum Gasteiger partial charge on any atom is -0.497 e. The van der Waals surface area contributed by atoms with Crippen molar-refractivity contribution in [3.63, 3.8) is 0 Å². The average Bonchev–Trinajstić information content (AvgIpc) is 2.53. The van der Waals surface area contributed by atoms with Gasteiger partial charge in [0.15, 0.2) is 0 Å². The summed E-state index contributed by atoms with van der Waals surface area (Å²) in [6, 6.07) is 9.90. The Morgan fingerprint density at radius 3 is 2.75 bits per heavy atom. The normalized spacial score (nSPS) is 17.6. The van der Waals surface area contributed by atoms with Crippen molar-refractivity contribution in [3.05, 3.63) is 24.3 Å². The second-order valence-electron chi connectivity index (χ2n) is 5.05. The molecule has 0 aromatic heterocycles. The molecule has 1 aromatic carbocycles. The van der Waals surface area contributed by atoms with E-state index in [0.29, 0.717) is 0 Å². The van der Waals surface area contributed by atoms with Gasteiger partial charge < -0.3 is 15.4 Å². The van der Waals surface area contributed by atoms with E-state index in [0.717, 1.165) is 44.9 Å². The number of piperazine rings is 1. The molecule has 1 fully saturated rings. The summed E-state index contributed by atoms with van der Waals surface area (Å²) in [4.78, 5) is 4.73. The van der Waals surface area contributed by atoms with Gasteiger partial charge in [0.25, 0.3) is 0 Å². The molecule has 0 amide bonds. The number of nitrogens with two attached hydrogens (primary N) is 1. The van der Waals surface area contributed by atoms with E-state index in [2.05, 4.69) is 28.0 Å². The fourth-order valence-electron chi connectivity index (χ4n) is 2.42. The number of hydrogen-bond acceptors (Lipinski definition) is 5. The predicted octanol–water partition coefficient (Wildman–Crippen LogP) is 1.06. The summed E-state index contributed by atoms with van der Waals surface area (Å²) in [5, 5.41) is 8.69. The first kappa shape index (κ1) is 14.6. The lowest BCUT2D eigenvalue weighted by Gasteiger charge is -2.36. The van der Waals surface area contributed by atoms with Crippen molar-refractivity contribution < 1.29 is 4.74 Å². The van der Waals surface area contributed by atoms with Crippen LogP contribution in [0.15, 0.2) is 24.3 Å². The lowest BCUT2D eigenvalue weighted by molar-refractivity contribution is 0.252. The summed E-state index contributed by atoms with van der Waals surface area (Å²) in [7, 11) is 1.69.